The van der Waals surface area contributed by atoms with Crippen LogP contribution in [0.1, 0.15) is 31.9 Å². The van der Waals surface area contributed by atoms with Crippen molar-refractivity contribution in [3.63, 3.8) is 0 Å². The quantitative estimate of drug-likeness (QED) is 0.281. The third-order valence-electron chi connectivity index (χ3n) is 6.19. The van der Waals surface area contributed by atoms with Crippen LogP contribution < -0.4 is 9.62 Å². The number of carbonyl (C=O) groups is 2. The van der Waals surface area contributed by atoms with E-state index in [1.807, 2.05) is 13.8 Å². The molecule has 0 aliphatic carbocycles. The molecule has 0 radical (unpaired) electrons. The van der Waals surface area contributed by atoms with E-state index in [0.29, 0.717) is 22.5 Å². The van der Waals surface area contributed by atoms with Crippen LogP contribution in [0.25, 0.3) is 0 Å². The van der Waals surface area contributed by atoms with E-state index in [1.54, 1.807) is 30.3 Å². The first kappa shape index (κ1) is 32.1. The van der Waals surface area contributed by atoms with Gasteiger partial charge in [0.1, 0.15) is 12.6 Å². The Kier molecular flexibility index (Phi) is 10.6. The Bertz CT molecular complexity index is 1450. The SMILES string of the molecule is CC(C)CNC(=O)[C@@H](C)N(Cc1ccc(Br)cc1)C(=O)CN(c1cccc(C(F)(F)F)c1)S(=O)(=O)c1ccccc1. The van der Waals surface area contributed by atoms with Gasteiger partial charge in [0.05, 0.1) is 16.1 Å². The first-order valence-corrected chi connectivity index (χ1v) is 15.0. The topological polar surface area (TPSA) is 86.8 Å². The minimum atomic E-state index is -4.74. The maximum atomic E-state index is 13.9. The molecule has 12 heteroatoms. The van der Waals surface area contributed by atoms with Gasteiger partial charge in [-0.15, -0.1) is 0 Å². The Morgan fingerprint density at radius 2 is 1.56 bits per heavy atom. The summed E-state index contributed by atoms with van der Waals surface area (Å²) in [6, 6.07) is 16.9. The highest BCUT2D eigenvalue weighted by molar-refractivity contribution is 9.10. The number of benzene rings is 3. The molecule has 1 N–H and O–H groups in total. The van der Waals surface area contributed by atoms with Crippen LogP contribution in [0.4, 0.5) is 18.9 Å². The van der Waals surface area contributed by atoms with Gasteiger partial charge in [0.25, 0.3) is 10.0 Å². The predicted octanol–water partition coefficient (Wildman–Crippen LogP) is 5.85. The van der Waals surface area contributed by atoms with E-state index in [0.717, 1.165) is 16.6 Å². The van der Waals surface area contributed by atoms with Gasteiger partial charge in [-0.1, -0.05) is 66.2 Å². The lowest BCUT2D eigenvalue weighted by atomic mass is 10.1. The van der Waals surface area contributed by atoms with Crippen molar-refractivity contribution in [2.24, 2.45) is 5.92 Å². The molecule has 0 aliphatic heterocycles. The Morgan fingerprint density at radius 3 is 2.15 bits per heavy atom. The number of alkyl halides is 3. The van der Waals surface area contributed by atoms with Gasteiger partial charge in [0.15, 0.2) is 0 Å². The average molecular weight is 655 g/mol. The molecular weight excluding hydrogens is 623 g/mol. The number of amides is 2. The maximum Gasteiger partial charge on any atom is 0.416 e. The van der Waals surface area contributed by atoms with Crippen LogP contribution in [0.2, 0.25) is 0 Å². The lowest BCUT2D eigenvalue weighted by Gasteiger charge is -2.32. The zero-order valence-corrected chi connectivity index (χ0v) is 25.1. The molecule has 3 aromatic carbocycles. The monoisotopic (exact) mass is 653 g/mol. The van der Waals surface area contributed by atoms with Gasteiger partial charge in [-0.2, -0.15) is 13.2 Å². The zero-order valence-electron chi connectivity index (χ0n) is 22.7. The largest absolute Gasteiger partial charge is 0.416 e. The second-order valence-electron chi connectivity index (χ2n) is 9.84. The highest BCUT2D eigenvalue weighted by Gasteiger charge is 2.35. The summed E-state index contributed by atoms with van der Waals surface area (Å²) >= 11 is 3.35. The number of nitrogens with one attached hydrogen (secondary N) is 1. The fourth-order valence-corrected chi connectivity index (χ4v) is 5.60. The molecular formula is C29H31BrF3N3O4S. The molecule has 0 aromatic heterocycles. The summed E-state index contributed by atoms with van der Waals surface area (Å²) in [4.78, 5) is 27.9. The standard InChI is InChI=1S/C29H31BrF3N3O4S/c1-20(2)17-34-28(38)21(3)35(18-22-12-14-24(30)15-13-22)27(37)19-36(41(39,40)26-10-5-4-6-11-26)25-9-7-8-23(16-25)29(31,32)33/h4-16,20-21H,17-19H2,1-3H3,(H,34,38)/t21-/m1/s1. The van der Waals surface area contributed by atoms with Crippen LogP contribution in [0.15, 0.2) is 88.2 Å². The first-order valence-electron chi connectivity index (χ1n) is 12.8. The van der Waals surface area contributed by atoms with Crippen molar-refractivity contribution in [3.05, 3.63) is 94.5 Å². The number of rotatable bonds is 11. The van der Waals surface area contributed by atoms with Crippen molar-refractivity contribution in [1.29, 1.82) is 0 Å². The summed E-state index contributed by atoms with van der Waals surface area (Å²) in [7, 11) is -4.48. The summed E-state index contributed by atoms with van der Waals surface area (Å²) in [5.41, 5.74) is -0.733. The van der Waals surface area contributed by atoms with Crippen molar-refractivity contribution < 1.29 is 31.2 Å². The number of carbonyl (C=O) groups excluding carboxylic acids is 2. The van der Waals surface area contributed by atoms with E-state index in [1.165, 1.54) is 42.2 Å². The predicted molar refractivity (Wildman–Crippen MR) is 154 cm³/mol. The smallest absolute Gasteiger partial charge is 0.354 e. The number of anilines is 1. The van der Waals surface area contributed by atoms with E-state index in [9.17, 15) is 31.2 Å². The van der Waals surface area contributed by atoms with Crippen LogP contribution in [0, 0.1) is 5.92 Å². The number of nitrogens with zero attached hydrogens (tertiary/aromatic N) is 2. The molecule has 0 unspecified atom stereocenters. The third kappa shape index (κ3) is 8.56. The summed E-state index contributed by atoms with van der Waals surface area (Å²) in [6.45, 7) is 4.84. The lowest BCUT2D eigenvalue weighted by Crippen LogP contribution is -2.51. The van der Waals surface area contributed by atoms with E-state index in [4.69, 9.17) is 0 Å². The summed E-state index contributed by atoms with van der Waals surface area (Å²) in [5, 5.41) is 2.78. The Morgan fingerprint density at radius 1 is 0.927 bits per heavy atom. The molecule has 3 aromatic rings. The molecule has 2 amide bonds. The molecule has 0 spiro atoms. The molecule has 0 heterocycles. The summed E-state index contributed by atoms with van der Waals surface area (Å²) in [5.74, 6) is -1.06. The zero-order chi connectivity index (χ0) is 30.4. The minimum Gasteiger partial charge on any atom is -0.354 e. The lowest BCUT2D eigenvalue weighted by molar-refractivity contribution is -0.139. The van der Waals surface area contributed by atoms with Crippen molar-refractivity contribution >= 4 is 43.5 Å². The average Bonchev–Trinajstić information content (AvgIpc) is 2.93. The van der Waals surface area contributed by atoms with E-state index in [2.05, 4.69) is 21.2 Å². The molecule has 0 fully saturated rings. The van der Waals surface area contributed by atoms with Crippen LogP contribution in [0.5, 0.6) is 0 Å². The van der Waals surface area contributed by atoms with Crippen molar-refractivity contribution in [2.75, 3.05) is 17.4 Å². The Balaban J connectivity index is 2.05. The molecule has 0 saturated carbocycles. The summed E-state index contributed by atoms with van der Waals surface area (Å²) in [6.07, 6.45) is -4.74. The number of hydrogen-bond donors (Lipinski definition) is 1. The fourth-order valence-electron chi connectivity index (χ4n) is 3.91. The highest BCUT2D eigenvalue weighted by atomic mass is 79.9. The van der Waals surface area contributed by atoms with Crippen molar-refractivity contribution in [2.45, 2.75) is 44.4 Å². The van der Waals surface area contributed by atoms with Crippen LogP contribution >= 0.6 is 15.9 Å². The van der Waals surface area contributed by atoms with Gasteiger partial charge in [-0.25, -0.2) is 8.42 Å². The van der Waals surface area contributed by atoms with E-state index in [-0.39, 0.29) is 23.0 Å². The van der Waals surface area contributed by atoms with Crippen molar-refractivity contribution in [1.82, 2.24) is 10.2 Å². The third-order valence-corrected chi connectivity index (χ3v) is 8.51. The molecule has 0 bridgehead atoms. The van der Waals surface area contributed by atoms with Crippen molar-refractivity contribution in [3.8, 4) is 0 Å². The molecule has 41 heavy (non-hydrogen) atoms. The molecule has 3 rings (SSSR count). The maximum absolute atomic E-state index is 13.9. The van der Waals surface area contributed by atoms with Gasteiger partial charge < -0.3 is 10.2 Å². The molecule has 220 valence electrons. The highest BCUT2D eigenvalue weighted by Crippen LogP contribution is 2.33. The normalized spacial score (nSPS) is 12.6. The fraction of sp³-hybridized carbons (Fsp3) is 0.310. The first-order chi connectivity index (χ1) is 19.2. The van der Waals surface area contributed by atoms with Gasteiger partial charge in [0.2, 0.25) is 11.8 Å². The second kappa shape index (κ2) is 13.5. The Hall–Kier alpha value is -3.38. The summed E-state index contributed by atoms with van der Waals surface area (Å²) < 4.78 is 69.5. The van der Waals surface area contributed by atoms with Gasteiger partial charge in [-0.3, -0.25) is 13.9 Å². The van der Waals surface area contributed by atoms with Crippen LogP contribution in [-0.2, 0) is 32.3 Å². The van der Waals surface area contributed by atoms with Gasteiger partial charge >= 0.3 is 6.18 Å². The molecule has 1 atom stereocenters. The molecule has 0 aliphatic rings. The number of sulfonamides is 1. The van der Waals surface area contributed by atoms with Gasteiger partial charge in [-0.05, 0) is 60.9 Å². The van der Waals surface area contributed by atoms with Gasteiger partial charge in [0, 0.05) is 17.6 Å². The molecule has 7 nitrogen and oxygen atoms in total. The van der Waals surface area contributed by atoms with Crippen LogP contribution in [-0.4, -0.2) is 44.3 Å². The van der Waals surface area contributed by atoms with Crippen LogP contribution in [0.3, 0.4) is 0 Å². The Labute approximate surface area is 246 Å². The molecule has 0 saturated heterocycles. The number of halogens is 4. The van der Waals surface area contributed by atoms with E-state index < -0.39 is 46.2 Å². The second-order valence-corrected chi connectivity index (χ2v) is 12.6. The number of hydrogen-bond acceptors (Lipinski definition) is 4. The van der Waals surface area contributed by atoms with E-state index >= 15 is 0 Å². The minimum absolute atomic E-state index is 0.0375.